The molecule has 0 atom stereocenters. The minimum atomic E-state index is -0.467. The zero-order valence-corrected chi connectivity index (χ0v) is 18.3. The van der Waals surface area contributed by atoms with Crippen molar-refractivity contribution in [1.29, 1.82) is 5.26 Å². The molecule has 0 spiro atoms. The summed E-state index contributed by atoms with van der Waals surface area (Å²) in [6, 6.07) is 9.75. The topological polar surface area (TPSA) is 99.8 Å². The van der Waals surface area contributed by atoms with Crippen LogP contribution in [-0.4, -0.2) is 44.9 Å². The standard InChI is InChI=1S/C20H22BrN5O3/c1-13-19(21)17(11-28-4)16(9-22)20(24-13)29-12-18(27)25-23-10-14-5-7-15(8-6-14)26(2)3/h5-8,10H,11-12H2,1-4H3,(H,25,27). The first-order valence-corrected chi connectivity index (χ1v) is 9.46. The first-order valence-electron chi connectivity index (χ1n) is 8.67. The van der Waals surface area contributed by atoms with Gasteiger partial charge in [0.1, 0.15) is 11.6 Å². The number of anilines is 1. The highest BCUT2D eigenvalue weighted by Gasteiger charge is 2.18. The third-order valence-corrected chi connectivity index (χ3v) is 4.97. The normalized spacial score (nSPS) is 10.6. The van der Waals surface area contributed by atoms with Crippen LogP contribution in [0.2, 0.25) is 0 Å². The summed E-state index contributed by atoms with van der Waals surface area (Å²) < 4.78 is 11.3. The summed E-state index contributed by atoms with van der Waals surface area (Å²) >= 11 is 3.41. The molecule has 0 radical (unpaired) electrons. The Morgan fingerprint density at radius 2 is 2.07 bits per heavy atom. The molecule has 0 aliphatic carbocycles. The van der Waals surface area contributed by atoms with Crippen LogP contribution >= 0.6 is 15.9 Å². The lowest BCUT2D eigenvalue weighted by Gasteiger charge is -2.13. The van der Waals surface area contributed by atoms with Gasteiger partial charge in [0.15, 0.2) is 6.61 Å². The minimum Gasteiger partial charge on any atom is -0.467 e. The fraction of sp³-hybridized carbons (Fsp3) is 0.300. The number of hydrogen-bond acceptors (Lipinski definition) is 7. The summed E-state index contributed by atoms with van der Waals surface area (Å²) in [5.41, 5.74) is 5.78. The molecule has 2 aromatic rings. The maximum Gasteiger partial charge on any atom is 0.278 e. The van der Waals surface area contributed by atoms with Crippen LogP contribution in [0.15, 0.2) is 33.8 Å². The highest BCUT2D eigenvalue weighted by atomic mass is 79.9. The molecular formula is C20H22BrN5O3. The van der Waals surface area contributed by atoms with Crippen molar-refractivity contribution in [2.45, 2.75) is 13.5 Å². The number of aromatic nitrogens is 1. The van der Waals surface area contributed by atoms with Gasteiger partial charge in [-0.3, -0.25) is 4.79 Å². The number of benzene rings is 1. The van der Waals surface area contributed by atoms with E-state index >= 15 is 0 Å². The van der Waals surface area contributed by atoms with Crippen LogP contribution in [0.4, 0.5) is 5.69 Å². The third-order valence-electron chi connectivity index (χ3n) is 3.92. The zero-order valence-electron chi connectivity index (χ0n) is 16.7. The molecule has 0 saturated carbocycles. The number of nitrogens with zero attached hydrogens (tertiary/aromatic N) is 4. The molecule has 152 valence electrons. The number of methoxy groups -OCH3 is 1. The van der Waals surface area contributed by atoms with Crippen molar-refractivity contribution in [3.8, 4) is 11.9 Å². The molecule has 0 aliphatic heterocycles. The van der Waals surface area contributed by atoms with Crippen LogP contribution in [0.3, 0.4) is 0 Å². The SMILES string of the molecule is COCc1c(Br)c(C)nc(OCC(=O)NN=Cc2ccc(N(C)C)cc2)c1C#N. The van der Waals surface area contributed by atoms with Gasteiger partial charge >= 0.3 is 0 Å². The van der Waals surface area contributed by atoms with Crippen molar-refractivity contribution < 1.29 is 14.3 Å². The number of carbonyl (C=O) groups excluding carboxylic acids is 1. The number of rotatable bonds is 8. The van der Waals surface area contributed by atoms with Gasteiger partial charge in [0.05, 0.1) is 18.5 Å². The Morgan fingerprint density at radius 1 is 1.38 bits per heavy atom. The van der Waals surface area contributed by atoms with Crippen molar-refractivity contribution in [2.24, 2.45) is 5.10 Å². The number of aryl methyl sites for hydroxylation is 1. The largest absolute Gasteiger partial charge is 0.467 e. The zero-order chi connectivity index (χ0) is 21.4. The number of nitrogens with one attached hydrogen (secondary N) is 1. The second kappa shape index (κ2) is 10.5. The second-order valence-electron chi connectivity index (χ2n) is 6.28. The van der Waals surface area contributed by atoms with E-state index in [9.17, 15) is 10.1 Å². The maximum absolute atomic E-state index is 12.0. The average molecular weight is 460 g/mol. The Kier molecular flexibility index (Phi) is 8.12. The van der Waals surface area contributed by atoms with Gasteiger partial charge in [0, 0.05) is 36.9 Å². The van der Waals surface area contributed by atoms with Gasteiger partial charge in [-0.2, -0.15) is 10.4 Å². The van der Waals surface area contributed by atoms with E-state index in [-0.39, 0.29) is 24.7 Å². The van der Waals surface area contributed by atoms with E-state index in [0.29, 0.717) is 15.7 Å². The summed E-state index contributed by atoms with van der Waals surface area (Å²) in [4.78, 5) is 18.2. The first kappa shape index (κ1) is 22.3. The number of carbonyl (C=O) groups is 1. The Hall–Kier alpha value is -2.96. The van der Waals surface area contributed by atoms with Gasteiger partial charge in [-0.25, -0.2) is 10.4 Å². The molecule has 0 bridgehead atoms. The number of halogens is 1. The molecule has 1 aromatic heterocycles. The van der Waals surface area contributed by atoms with Crippen molar-refractivity contribution in [3.05, 3.63) is 51.1 Å². The van der Waals surface area contributed by atoms with Crippen molar-refractivity contribution in [2.75, 3.05) is 32.7 Å². The summed E-state index contributed by atoms with van der Waals surface area (Å²) in [6.07, 6.45) is 1.54. The van der Waals surface area contributed by atoms with E-state index in [2.05, 4.69) is 37.5 Å². The predicted molar refractivity (Wildman–Crippen MR) is 114 cm³/mol. The maximum atomic E-state index is 12.0. The predicted octanol–water partition coefficient (Wildman–Crippen LogP) is 2.77. The molecule has 2 rings (SSSR count). The van der Waals surface area contributed by atoms with Gasteiger partial charge in [-0.15, -0.1) is 0 Å². The Bertz CT molecular complexity index is 937. The van der Waals surface area contributed by atoms with Crippen LogP contribution in [0, 0.1) is 18.3 Å². The van der Waals surface area contributed by atoms with E-state index in [1.807, 2.05) is 43.3 Å². The molecule has 1 N–H and O–H groups in total. The van der Waals surface area contributed by atoms with Crippen molar-refractivity contribution >= 4 is 33.7 Å². The molecule has 0 fully saturated rings. The number of hydrazone groups is 1. The lowest BCUT2D eigenvalue weighted by Crippen LogP contribution is -2.25. The molecule has 1 aromatic carbocycles. The molecule has 1 heterocycles. The molecule has 9 heteroatoms. The van der Waals surface area contributed by atoms with Crippen molar-refractivity contribution in [1.82, 2.24) is 10.4 Å². The van der Waals surface area contributed by atoms with Gasteiger partial charge in [-0.05, 0) is 40.5 Å². The smallest absolute Gasteiger partial charge is 0.278 e. The van der Waals surface area contributed by atoms with Gasteiger partial charge in [0.25, 0.3) is 5.91 Å². The van der Waals surface area contributed by atoms with E-state index in [1.165, 1.54) is 13.3 Å². The van der Waals surface area contributed by atoms with Gasteiger partial charge in [-0.1, -0.05) is 12.1 Å². The number of ether oxygens (including phenoxy) is 2. The van der Waals surface area contributed by atoms with Crippen LogP contribution < -0.4 is 15.1 Å². The van der Waals surface area contributed by atoms with E-state index in [4.69, 9.17) is 9.47 Å². The summed E-state index contributed by atoms with van der Waals surface area (Å²) in [5, 5.41) is 13.4. The highest BCUT2D eigenvalue weighted by molar-refractivity contribution is 9.10. The fourth-order valence-electron chi connectivity index (χ4n) is 2.42. The molecule has 0 aliphatic rings. The Morgan fingerprint density at radius 3 is 2.66 bits per heavy atom. The summed E-state index contributed by atoms with van der Waals surface area (Å²) in [5.74, 6) is -0.385. The second-order valence-corrected chi connectivity index (χ2v) is 7.08. The van der Waals surface area contributed by atoms with Crippen LogP contribution in [-0.2, 0) is 16.1 Å². The number of nitriles is 1. The molecular weight excluding hydrogens is 438 g/mol. The number of pyridine rings is 1. The van der Waals surface area contributed by atoms with Crippen LogP contribution in [0.25, 0.3) is 0 Å². The number of hydrogen-bond donors (Lipinski definition) is 1. The lowest BCUT2D eigenvalue weighted by molar-refractivity contribution is -0.123. The quantitative estimate of drug-likeness (QED) is 0.481. The molecule has 29 heavy (non-hydrogen) atoms. The van der Waals surface area contributed by atoms with Gasteiger partial charge < -0.3 is 14.4 Å². The Labute approximate surface area is 178 Å². The van der Waals surface area contributed by atoms with E-state index in [1.54, 1.807) is 6.92 Å². The summed E-state index contributed by atoms with van der Waals surface area (Å²) in [7, 11) is 5.45. The average Bonchev–Trinajstić information content (AvgIpc) is 2.70. The van der Waals surface area contributed by atoms with E-state index in [0.717, 1.165) is 11.3 Å². The lowest BCUT2D eigenvalue weighted by atomic mass is 10.1. The van der Waals surface area contributed by atoms with Crippen LogP contribution in [0.5, 0.6) is 5.88 Å². The fourth-order valence-corrected chi connectivity index (χ4v) is 2.82. The highest BCUT2D eigenvalue weighted by Crippen LogP contribution is 2.29. The molecule has 0 saturated heterocycles. The summed E-state index contributed by atoms with van der Waals surface area (Å²) in [6.45, 7) is 1.65. The van der Waals surface area contributed by atoms with E-state index < -0.39 is 5.91 Å². The minimum absolute atomic E-state index is 0.0821. The molecule has 8 nitrogen and oxygen atoms in total. The Balaban J connectivity index is 1.99. The molecule has 0 unspecified atom stereocenters. The number of amides is 1. The molecule has 1 amide bonds. The monoisotopic (exact) mass is 459 g/mol. The van der Waals surface area contributed by atoms with Crippen molar-refractivity contribution in [3.63, 3.8) is 0 Å². The van der Waals surface area contributed by atoms with Crippen LogP contribution in [0.1, 0.15) is 22.4 Å². The first-order chi connectivity index (χ1) is 13.9. The van der Waals surface area contributed by atoms with Gasteiger partial charge in [0.2, 0.25) is 5.88 Å². The third kappa shape index (κ3) is 6.01.